The van der Waals surface area contributed by atoms with Gasteiger partial charge in [-0.25, -0.2) is 0 Å². The lowest BCUT2D eigenvalue weighted by Crippen LogP contribution is -2.21. The van der Waals surface area contributed by atoms with Crippen LogP contribution in [0.2, 0.25) is 0 Å². The van der Waals surface area contributed by atoms with Gasteiger partial charge in [-0.05, 0) is 49.9 Å². The minimum Gasteiger partial charge on any atom is -0.406 e. The fraction of sp³-hybridized carbons (Fsp3) is 0.538. The van der Waals surface area contributed by atoms with Gasteiger partial charge in [0.2, 0.25) is 0 Å². The van der Waals surface area contributed by atoms with Crippen LogP contribution in [0.15, 0.2) is 24.3 Å². The van der Waals surface area contributed by atoms with Crippen molar-refractivity contribution in [2.24, 2.45) is 0 Å². The monoisotopic (exact) mass is 259 g/mol. The fourth-order valence-corrected chi connectivity index (χ4v) is 2.51. The number of hydrogen-bond acceptors (Lipinski definition) is 2. The summed E-state index contributed by atoms with van der Waals surface area (Å²) in [6, 6.07) is 6.77. The van der Waals surface area contributed by atoms with Crippen LogP contribution in [-0.4, -0.2) is 19.5 Å². The standard InChI is InChI=1S/C13H16F3NO/c1-17-11-6-5-10(7-11)9-3-2-4-12(8-9)18-13(14,15)16/h2-4,8,10-11,17H,5-7H2,1H3. The van der Waals surface area contributed by atoms with Gasteiger partial charge in [0.15, 0.2) is 0 Å². The zero-order valence-corrected chi connectivity index (χ0v) is 10.1. The molecule has 1 fully saturated rings. The van der Waals surface area contributed by atoms with Crippen molar-refractivity contribution in [3.05, 3.63) is 29.8 Å². The molecule has 2 rings (SSSR count). The molecule has 100 valence electrons. The van der Waals surface area contributed by atoms with Crippen molar-refractivity contribution >= 4 is 0 Å². The third kappa shape index (κ3) is 3.38. The van der Waals surface area contributed by atoms with Crippen LogP contribution in [0.5, 0.6) is 5.75 Å². The molecule has 0 radical (unpaired) electrons. The molecule has 0 amide bonds. The molecular formula is C13H16F3NO. The molecule has 0 bridgehead atoms. The van der Waals surface area contributed by atoms with Crippen molar-refractivity contribution in [2.75, 3.05) is 7.05 Å². The molecule has 18 heavy (non-hydrogen) atoms. The van der Waals surface area contributed by atoms with Gasteiger partial charge in [0.1, 0.15) is 5.75 Å². The van der Waals surface area contributed by atoms with Crippen LogP contribution < -0.4 is 10.1 Å². The zero-order valence-electron chi connectivity index (χ0n) is 10.1. The molecule has 1 aliphatic rings. The second-order valence-corrected chi connectivity index (χ2v) is 4.62. The molecule has 1 aromatic rings. The van der Waals surface area contributed by atoms with E-state index < -0.39 is 6.36 Å². The lowest BCUT2D eigenvalue weighted by atomic mass is 9.97. The van der Waals surface area contributed by atoms with E-state index in [1.54, 1.807) is 6.07 Å². The molecule has 2 atom stereocenters. The number of rotatable bonds is 3. The van der Waals surface area contributed by atoms with E-state index >= 15 is 0 Å². The Balaban J connectivity index is 2.08. The van der Waals surface area contributed by atoms with Crippen molar-refractivity contribution in [3.8, 4) is 5.75 Å². The van der Waals surface area contributed by atoms with Crippen molar-refractivity contribution in [1.29, 1.82) is 0 Å². The highest BCUT2D eigenvalue weighted by molar-refractivity contribution is 5.31. The van der Waals surface area contributed by atoms with E-state index in [0.717, 1.165) is 24.8 Å². The van der Waals surface area contributed by atoms with Gasteiger partial charge in [0.05, 0.1) is 0 Å². The molecular weight excluding hydrogens is 243 g/mol. The smallest absolute Gasteiger partial charge is 0.406 e. The lowest BCUT2D eigenvalue weighted by Gasteiger charge is -2.14. The van der Waals surface area contributed by atoms with E-state index in [2.05, 4.69) is 10.1 Å². The first-order chi connectivity index (χ1) is 8.48. The van der Waals surface area contributed by atoms with Gasteiger partial charge in [-0.2, -0.15) is 0 Å². The molecule has 2 unspecified atom stereocenters. The Labute approximate surface area is 104 Å². The molecule has 0 saturated heterocycles. The van der Waals surface area contributed by atoms with Gasteiger partial charge in [-0.3, -0.25) is 0 Å². The summed E-state index contributed by atoms with van der Waals surface area (Å²) in [5.41, 5.74) is 0.925. The van der Waals surface area contributed by atoms with Crippen molar-refractivity contribution in [1.82, 2.24) is 5.32 Å². The maximum Gasteiger partial charge on any atom is 0.573 e. The number of halogens is 3. The van der Waals surface area contributed by atoms with Crippen LogP contribution in [0.4, 0.5) is 13.2 Å². The average molecular weight is 259 g/mol. The number of hydrogen-bond donors (Lipinski definition) is 1. The predicted molar refractivity (Wildman–Crippen MR) is 62.6 cm³/mol. The maximum absolute atomic E-state index is 12.1. The summed E-state index contributed by atoms with van der Waals surface area (Å²) in [4.78, 5) is 0. The Hall–Kier alpha value is -1.23. The van der Waals surface area contributed by atoms with Crippen molar-refractivity contribution < 1.29 is 17.9 Å². The summed E-state index contributed by atoms with van der Waals surface area (Å²) >= 11 is 0. The summed E-state index contributed by atoms with van der Waals surface area (Å²) in [6.07, 6.45) is -1.60. The van der Waals surface area contributed by atoms with Crippen molar-refractivity contribution in [3.63, 3.8) is 0 Å². The average Bonchev–Trinajstić information content (AvgIpc) is 2.75. The van der Waals surface area contributed by atoms with Crippen LogP contribution in [0, 0.1) is 0 Å². The predicted octanol–water partition coefficient (Wildman–Crippen LogP) is 3.44. The Bertz CT molecular complexity index is 405. The Kier molecular flexibility index (Phi) is 3.80. The number of ether oxygens (including phenoxy) is 1. The fourth-order valence-electron chi connectivity index (χ4n) is 2.51. The van der Waals surface area contributed by atoms with Gasteiger partial charge in [-0.15, -0.1) is 13.2 Å². The van der Waals surface area contributed by atoms with Crippen molar-refractivity contribution in [2.45, 2.75) is 37.6 Å². The minimum atomic E-state index is -4.62. The largest absolute Gasteiger partial charge is 0.573 e. The van der Waals surface area contributed by atoms with Gasteiger partial charge in [0, 0.05) is 6.04 Å². The van der Waals surface area contributed by atoms with E-state index in [-0.39, 0.29) is 5.75 Å². The normalized spacial score (nSPS) is 24.2. The molecule has 1 aliphatic carbocycles. The first-order valence-electron chi connectivity index (χ1n) is 6.01. The molecule has 0 aliphatic heterocycles. The van der Waals surface area contributed by atoms with E-state index in [1.807, 2.05) is 13.1 Å². The Morgan fingerprint density at radius 1 is 1.28 bits per heavy atom. The van der Waals surface area contributed by atoms with Crippen LogP contribution in [0.25, 0.3) is 0 Å². The van der Waals surface area contributed by atoms with Crippen LogP contribution in [0.3, 0.4) is 0 Å². The van der Waals surface area contributed by atoms with E-state index in [0.29, 0.717) is 12.0 Å². The summed E-state index contributed by atoms with van der Waals surface area (Å²) in [5.74, 6) is 0.187. The number of benzene rings is 1. The zero-order chi connectivity index (χ0) is 13.2. The molecule has 5 heteroatoms. The van der Waals surface area contributed by atoms with E-state index in [9.17, 15) is 13.2 Å². The Morgan fingerprint density at radius 3 is 2.67 bits per heavy atom. The molecule has 1 saturated carbocycles. The molecule has 0 aromatic heterocycles. The third-order valence-corrected chi connectivity index (χ3v) is 3.40. The van der Waals surface area contributed by atoms with Gasteiger partial charge in [-0.1, -0.05) is 12.1 Å². The van der Waals surface area contributed by atoms with Gasteiger partial charge < -0.3 is 10.1 Å². The summed E-state index contributed by atoms with van der Waals surface area (Å²) in [7, 11) is 1.91. The third-order valence-electron chi connectivity index (χ3n) is 3.40. The molecule has 1 N–H and O–H groups in total. The molecule has 0 spiro atoms. The first-order valence-corrected chi connectivity index (χ1v) is 6.01. The van der Waals surface area contributed by atoms with E-state index in [4.69, 9.17) is 0 Å². The van der Waals surface area contributed by atoms with Crippen LogP contribution in [-0.2, 0) is 0 Å². The number of nitrogens with one attached hydrogen (secondary N) is 1. The highest BCUT2D eigenvalue weighted by atomic mass is 19.4. The summed E-state index contributed by atoms with van der Waals surface area (Å²) in [6.45, 7) is 0. The van der Waals surface area contributed by atoms with Crippen LogP contribution in [0.1, 0.15) is 30.7 Å². The number of alkyl halides is 3. The molecule has 2 nitrogen and oxygen atoms in total. The van der Waals surface area contributed by atoms with Gasteiger partial charge in [0.25, 0.3) is 0 Å². The minimum absolute atomic E-state index is 0.132. The summed E-state index contributed by atoms with van der Waals surface area (Å²) < 4.78 is 40.3. The first kappa shape index (κ1) is 13.2. The second kappa shape index (κ2) is 5.18. The lowest BCUT2D eigenvalue weighted by molar-refractivity contribution is -0.274. The maximum atomic E-state index is 12.1. The quantitative estimate of drug-likeness (QED) is 0.897. The highest BCUT2D eigenvalue weighted by Crippen LogP contribution is 2.36. The molecule has 1 aromatic carbocycles. The van der Waals surface area contributed by atoms with E-state index in [1.165, 1.54) is 12.1 Å². The SMILES string of the molecule is CNC1CCC(c2cccc(OC(F)(F)F)c2)C1. The van der Waals surface area contributed by atoms with Crippen LogP contribution >= 0.6 is 0 Å². The summed E-state index contributed by atoms with van der Waals surface area (Å²) in [5, 5.41) is 3.21. The second-order valence-electron chi connectivity index (χ2n) is 4.62. The highest BCUT2D eigenvalue weighted by Gasteiger charge is 2.31. The Morgan fingerprint density at radius 2 is 2.06 bits per heavy atom. The van der Waals surface area contributed by atoms with Gasteiger partial charge >= 0.3 is 6.36 Å². The molecule has 0 heterocycles. The topological polar surface area (TPSA) is 21.3 Å².